The first-order valence-electron chi connectivity index (χ1n) is 7.74. The summed E-state index contributed by atoms with van der Waals surface area (Å²) in [5, 5.41) is 11.7. The SMILES string of the molecule is O[C@@H](c1ccccn1)C1CCN(Cc2c(Cl)cncc2Cl)CC1. The van der Waals surface area contributed by atoms with E-state index in [4.69, 9.17) is 23.2 Å². The molecule has 0 unspecified atom stereocenters. The van der Waals surface area contributed by atoms with Crippen LogP contribution < -0.4 is 0 Å². The number of aromatic nitrogens is 2. The van der Waals surface area contributed by atoms with Gasteiger partial charge >= 0.3 is 0 Å². The minimum Gasteiger partial charge on any atom is -0.387 e. The third kappa shape index (κ3) is 4.01. The molecule has 1 aliphatic heterocycles. The van der Waals surface area contributed by atoms with Crippen LogP contribution in [0.25, 0.3) is 0 Å². The van der Waals surface area contributed by atoms with Crippen molar-refractivity contribution in [1.82, 2.24) is 14.9 Å². The number of aliphatic hydroxyl groups excluding tert-OH is 1. The van der Waals surface area contributed by atoms with Crippen molar-refractivity contribution >= 4 is 23.2 Å². The van der Waals surface area contributed by atoms with Gasteiger partial charge < -0.3 is 5.11 Å². The molecule has 6 heteroatoms. The van der Waals surface area contributed by atoms with Crippen LogP contribution in [0.4, 0.5) is 0 Å². The number of pyridine rings is 2. The van der Waals surface area contributed by atoms with Crippen molar-refractivity contribution in [1.29, 1.82) is 0 Å². The highest BCUT2D eigenvalue weighted by atomic mass is 35.5. The van der Waals surface area contributed by atoms with Gasteiger partial charge in [0.05, 0.1) is 21.8 Å². The molecule has 3 heterocycles. The molecule has 0 saturated carbocycles. The highest BCUT2D eigenvalue weighted by Crippen LogP contribution is 2.31. The lowest BCUT2D eigenvalue weighted by Crippen LogP contribution is -2.35. The molecule has 0 bridgehead atoms. The predicted molar refractivity (Wildman–Crippen MR) is 91.5 cm³/mol. The highest BCUT2D eigenvalue weighted by Gasteiger charge is 2.27. The summed E-state index contributed by atoms with van der Waals surface area (Å²) >= 11 is 12.4. The summed E-state index contributed by atoms with van der Waals surface area (Å²) in [6, 6.07) is 5.66. The van der Waals surface area contributed by atoms with E-state index in [1.165, 1.54) is 0 Å². The average molecular weight is 352 g/mol. The van der Waals surface area contributed by atoms with Crippen LogP contribution in [0.3, 0.4) is 0 Å². The molecule has 3 rings (SSSR count). The van der Waals surface area contributed by atoms with Gasteiger partial charge in [-0.05, 0) is 44.0 Å². The molecule has 2 aromatic heterocycles. The van der Waals surface area contributed by atoms with Crippen molar-refractivity contribution in [2.75, 3.05) is 13.1 Å². The van der Waals surface area contributed by atoms with Crippen molar-refractivity contribution in [2.24, 2.45) is 5.92 Å². The fraction of sp³-hybridized carbons (Fsp3) is 0.412. The second-order valence-electron chi connectivity index (χ2n) is 5.89. The van der Waals surface area contributed by atoms with Crippen molar-refractivity contribution in [3.63, 3.8) is 0 Å². The zero-order valence-corrected chi connectivity index (χ0v) is 14.2. The molecule has 1 atom stereocenters. The van der Waals surface area contributed by atoms with Gasteiger partial charge in [-0.2, -0.15) is 0 Å². The maximum absolute atomic E-state index is 10.5. The molecule has 1 saturated heterocycles. The van der Waals surface area contributed by atoms with E-state index in [1.807, 2.05) is 18.2 Å². The van der Waals surface area contributed by atoms with Gasteiger partial charge in [-0.15, -0.1) is 0 Å². The van der Waals surface area contributed by atoms with Crippen LogP contribution in [-0.2, 0) is 6.54 Å². The maximum Gasteiger partial charge on any atom is 0.0988 e. The summed E-state index contributed by atoms with van der Waals surface area (Å²) < 4.78 is 0. The van der Waals surface area contributed by atoms with Crippen molar-refractivity contribution in [3.05, 3.63) is 58.1 Å². The fourth-order valence-corrected chi connectivity index (χ4v) is 3.52. The highest BCUT2D eigenvalue weighted by molar-refractivity contribution is 6.35. The first-order chi connectivity index (χ1) is 11.1. The first kappa shape index (κ1) is 16.7. The Bertz CT molecular complexity index is 625. The number of piperidine rings is 1. The van der Waals surface area contributed by atoms with E-state index in [-0.39, 0.29) is 5.92 Å². The molecule has 23 heavy (non-hydrogen) atoms. The molecule has 1 fully saturated rings. The van der Waals surface area contributed by atoms with Crippen molar-refractivity contribution in [2.45, 2.75) is 25.5 Å². The lowest BCUT2D eigenvalue weighted by Gasteiger charge is -2.34. The predicted octanol–water partition coefficient (Wildman–Crippen LogP) is 3.73. The molecule has 0 spiro atoms. The monoisotopic (exact) mass is 351 g/mol. The third-order valence-corrected chi connectivity index (χ3v) is 5.06. The molecule has 1 aliphatic rings. The van der Waals surface area contributed by atoms with E-state index < -0.39 is 6.10 Å². The summed E-state index contributed by atoms with van der Waals surface area (Å²) in [6.07, 6.45) is 6.34. The Hall–Kier alpha value is -1.20. The third-order valence-electron chi connectivity index (χ3n) is 4.40. The quantitative estimate of drug-likeness (QED) is 0.911. The second-order valence-corrected chi connectivity index (χ2v) is 6.71. The number of hydrogen-bond donors (Lipinski definition) is 1. The Morgan fingerprint density at radius 3 is 2.48 bits per heavy atom. The number of halogens is 2. The van der Waals surface area contributed by atoms with Gasteiger partial charge in [-0.3, -0.25) is 14.9 Å². The van der Waals surface area contributed by atoms with Gasteiger partial charge in [0, 0.05) is 30.7 Å². The van der Waals surface area contributed by atoms with Crippen LogP contribution in [0.15, 0.2) is 36.8 Å². The molecule has 1 N–H and O–H groups in total. The normalized spacial score (nSPS) is 18.0. The van der Waals surface area contributed by atoms with E-state index in [0.29, 0.717) is 16.6 Å². The fourth-order valence-electron chi connectivity index (χ4n) is 3.03. The number of nitrogens with zero attached hydrogens (tertiary/aromatic N) is 3. The van der Waals surface area contributed by atoms with Gasteiger partial charge in [-0.25, -0.2) is 0 Å². The molecule has 4 nitrogen and oxygen atoms in total. The Morgan fingerprint density at radius 2 is 1.87 bits per heavy atom. The van der Waals surface area contributed by atoms with Crippen LogP contribution in [-0.4, -0.2) is 33.1 Å². The Balaban J connectivity index is 1.58. The molecule has 0 radical (unpaired) electrons. The van der Waals surface area contributed by atoms with E-state index in [1.54, 1.807) is 18.6 Å². The molecule has 0 aromatic carbocycles. The topological polar surface area (TPSA) is 49.3 Å². The summed E-state index contributed by atoms with van der Waals surface area (Å²) in [5.74, 6) is 0.240. The van der Waals surface area contributed by atoms with E-state index >= 15 is 0 Å². The van der Waals surface area contributed by atoms with E-state index in [9.17, 15) is 5.11 Å². The summed E-state index contributed by atoms with van der Waals surface area (Å²) in [7, 11) is 0. The number of rotatable bonds is 4. The smallest absolute Gasteiger partial charge is 0.0988 e. The average Bonchev–Trinajstić information content (AvgIpc) is 2.59. The molecule has 0 amide bonds. The standard InChI is InChI=1S/C17H19Cl2N3O/c18-14-9-20-10-15(19)13(14)11-22-7-4-12(5-8-22)17(23)16-3-1-2-6-21-16/h1-3,6,9-10,12,17,23H,4-5,7-8,11H2/t17-/m1/s1. The number of hydrogen-bond acceptors (Lipinski definition) is 4. The van der Waals surface area contributed by atoms with Crippen LogP contribution in [0, 0.1) is 5.92 Å². The van der Waals surface area contributed by atoms with Crippen LogP contribution >= 0.6 is 23.2 Å². The van der Waals surface area contributed by atoms with Gasteiger partial charge in [0.2, 0.25) is 0 Å². The van der Waals surface area contributed by atoms with Gasteiger partial charge in [0.1, 0.15) is 0 Å². The molecule has 0 aliphatic carbocycles. The number of aliphatic hydroxyl groups is 1. The molecule has 122 valence electrons. The lowest BCUT2D eigenvalue weighted by molar-refractivity contribution is 0.0540. The van der Waals surface area contributed by atoms with Gasteiger partial charge in [-0.1, -0.05) is 29.3 Å². The maximum atomic E-state index is 10.5. The Morgan fingerprint density at radius 1 is 1.17 bits per heavy atom. The summed E-state index contributed by atoms with van der Waals surface area (Å²) in [6.45, 7) is 2.53. The van der Waals surface area contributed by atoms with Gasteiger partial charge in [0.15, 0.2) is 0 Å². The second kappa shape index (κ2) is 7.58. The van der Waals surface area contributed by atoms with Crippen LogP contribution in [0.1, 0.15) is 30.2 Å². The number of likely N-dealkylation sites (tertiary alicyclic amines) is 1. The largest absolute Gasteiger partial charge is 0.387 e. The minimum atomic E-state index is -0.494. The van der Waals surface area contributed by atoms with E-state index in [0.717, 1.165) is 37.2 Å². The molecular weight excluding hydrogens is 333 g/mol. The summed E-state index contributed by atoms with van der Waals surface area (Å²) in [5.41, 5.74) is 1.68. The summed E-state index contributed by atoms with van der Waals surface area (Å²) in [4.78, 5) is 10.6. The minimum absolute atomic E-state index is 0.240. The van der Waals surface area contributed by atoms with Crippen molar-refractivity contribution < 1.29 is 5.11 Å². The zero-order chi connectivity index (χ0) is 16.2. The molecule has 2 aromatic rings. The van der Waals surface area contributed by atoms with Crippen LogP contribution in [0.2, 0.25) is 10.0 Å². The Labute approximate surface area is 146 Å². The molecular formula is C17H19Cl2N3O. The van der Waals surface area contributed by atoms with Gasteiger partial charge in [0.25, 0.3) is 0 Å². The zero-order valence-electron chi connectivity index (χ0n) is 12.7. The first-order valence-corrected chi connectivity index (χ1v) is 8.50. The lowest BCUT2D eigenvalue weighted by atomic mass is 9.89. The Kier molecular flexibility index (Phi) is 5.49. The van der Waals surface area contributed by atoms with E-state index in [2.05, 4.69) is 14.9 Å². The van der Waals surface area contributed by atoms with Crippen LogP contribution in [0.5, 0.6) is 0 Å². The van der Waals surface area contributed by atoms with Crippen molar-refractivity contribution in [3.8, 4) is 0 Å².